The predicted octanol–water partition coefficient (Wildman–Crippen LogP) is 3.59. The molecule has 110 valence electrons. The smallest absolute Gasteiger partial charge is 0.0485 e. The van der Waals surface area contributed by atoms with E-state index in [1.54, 1.807) is 0 Å². The lowest BCUT2D eigenvalue weighted by molar-refractivity contribution is 1.35. The number of benzene rings is 3. The molecule has 0 spiro atoms. The third kappa shape index (κ3) is 2.93. The van der Waals surface area contributed by atoms with E-state index in [-0.39, 0.29) is 0 Å². The van der Waals surface area contributed by atoms with Gasteiger partial charge in [0, 0.05) is 11.4 Å². The highest BCUT2D eigenvalue weighted by atomic mass is 15.2. The maximum absolute atomic E-state index is 5.38. The average molecular weight is 290 g/mol. The number of hydrogen-bond acceptors (Lipinski definition) is 4. The van der Waals surface area contributed by atoms with Crippen LogP contribution in [0.25, 0.3) is 22.3 Å². The molecule has 3 aromatic carbocycles. The maximum atomic E-state index is 5.38. The first-order valence-corrected chi connectivity index (χ1v) is 7.04. The fourth-order valence-electron chi connectivity index (χ4n) is 2.37. The lowest BCUT2D eigenvalue weighted by atomic mass is 10.00. The van der Waals surface area contributed by atoms with E-state index in [0.29, 0.717) is 0 Å². The van der Waals surface area contributed by atoms with Crippen LogP contribution >= 0.6 is 0 Å². The molecule has 0 heterocycles. The first kappa shape index (κ1) is 14.1. The third-order valence-corrected chi connectivity index (χ3v) is 3.65. The van der Waals surface area contributed by atoms with E-state index in [1.807, 2.05) is 48.5 Å². The van der Waals surface area contributed by atoms with Gasteiger partial charge in [-0.2, -0.15) is 0 Å². The minimum absolute atomic E-state index is 0.897. The molecule has 4 nitrogen and oxygen atoms in total. The first-order valence-electron chi connectivity index (χ1n) is 7.04. The van der Waals surface area contributed by atoms with Crippen molar-refractivity contribution in [3.63, 3.8) is 0 Å². The topological polar surface area (TPSA) is 76.1 Å². The van der Waals surface area contributed by atoms with Crippen molar-refractivity contribution >= 4 is 11.4 Å². The van der Waals surface area contributed by atoms with Crippen molar-refractivity contribution in [2.24, 2.45) is 11.7 Å². The van der Waals surface area contributed by atoms with E-state index in [9.17, 15) is 0 Å². The Bertz CT molecular complexity index is 665. The molecule has 6 N–H and O–H groups in total. The molecule has 0 unspecified atom stereocenters. The Morgan fingerprint density at radius 1 is 0.409 bits per heavy atom. The van der Waals surface area contributed by atoms with E-state index < -0.39 is 0 Å². The summed E-state index contributed by atoms with van der Waals surface area (Å²) in [5.41, 5.74) is 11.7. The molecule has 0 atom stereocenters. The summed E-state index contributed by atoms with van der Waals surface area (Å²) in [6.45, 7) is 0. The molecule has 0 aromatic heterocycles. The Morgan fingerprint density at radius 2 is 0.636 bits per heavy atom. The normalized spacial score (nSPS) is 10.3. The van der Waals surface area contributed by atoms with Crippen LogP contribution in [0.4, 0.5) is 11.4 Å². The van der Waals surface area contributed by atoms with Crippen LogP contribution in [-0.2, 0) is 0 Å². The molecular formula is C18H18N4. The number of hydrogen-bond donors (Lipinski definition) is 4. The van der Waals surface area contributed by atoms with E-state index in [2.05, 4.69) is 35.1 Å². The second-order valence-electron chi connectivity index (χ2n) is 5.02. The van der Waals surface area contributed by atoms with Gasteiger partial charge < -0.3 is 10.9 Å². The van der Waals surface area contributed by atoms with Crippen molar-refractivity contribution in [2.45, 2.75) is 0 Å². The summed E-state index contributed by atoms with van der Waals surface area (Å²) < 4.78 is 0. The van der Waals surface area contributed by atoms with E-state index >= 15 is 0 Å². The second kappa shape index (κ2) is 6.30. The van der Waals surface area contributed by atoms with Gasteiger partial charge in [-0.15, -0.1) is 0 Å². The minimum atomic E-state index is 0.897. The van der Waals surface area contributed by atoms with Crippen molar-refractivity contribution in [3.05, 3.63) is 72.8 Å². The Balaban J connectivity index is 1.84. The van der Waals surface area contributed by atoms with Crippen LogP contribution in [-0.4, -0.2) is 0 Å². The summed E-state index contributed by atoms with van der Waals surface area (Å²) in [7, 11) is 0. The quantitative estimate of drug-likeness (QED) is 0.437. The molecule has 3 rings (SSSR count). The van der Waals surface area contributed by atoms with Gasteiger partial charge in [0.25, 0.3) is 0 Å². The van der Waals surface area contributed by atoms with Crippen LogP contribution < -0.4 is 22.5 Å². The van der Waals surface area contributed by atoms with Gasteiger partial charge in [-0.3, -0.25) is 11.7 Å². The molecule has 22 heavy (non-hydrogen) atoms. The van der Waals surface area contributed by atoms with Crippen LogP contribution in [0.1, 0.15) is 0 Å². The van der Waals surface area contributed by atoms with Gasteiger partial charge in [0.15, 0.2) is 0 Å². The lowest BCUT2D eigenvalue weighted by Gasteiger charge is -2.07. The fraction of sp³-hybridized carbons (Fsp3) is 0. The summed E-state index contributed by atoms with van der Waals surface area (Å²) in [5, 5.41) is 0. The summed E-state index contributed by atoms with van der Waals surface area (Å²) in [6.07, 6.45) is 0. The average Bonchev–Trinajstić information content (AvgIpc) is 2.62. The minimum Gasteiger partial charge on any atom is -0.324 e. The molecule has 0 saturated carbocycles. The largest absolute Gasteiger partial charge is 0.324 e. The fourth-order valence-corrected chi connectivity index (χ4v) is 2.37. The molecule has 3 aromatic rings. The molecule has 4 heteroatoms. The molecule has 0 fully saturated rings. The van der Waals surface area contributed by atoms with E-state index in [1.165, 1.54) is 11.1 Å². The summed E-state index contributed by atoms with van der Waals surface area (Å²) in [5.74, 6) is 10.8. The van der Waals surface area contributed by atoms with Crippen molar-refractivity contribution in [3.8, 4) is 22.3 Å². The van der Waals surface area contributed by atoms with Gasteiger partial charge in [0.2, 0.25) is 0 Å². The molecular weight excluding hydrogens is 272 g/mol. The van der Waals surface area contributed by atoms with Gasteiger partial charge >= 0.3 is 0 Å². The van der Waals surface area contributed by atoms with Crippen LogP contribution in [0.5, 0.6) is 0 Å². The number of hydrazine groups is 2. The van der Waals surface area contributed by atoms with Gasteiger partial charge in [0.1, 0.15) is 0 Å². The zero-order valence-corrected chi connectivity index (χ0v) is 12.1. The molecule has 0 aliphatic carbocycles. The molecule has 0 bridgehead atoms. The highest BCUT2D eigenvalue weighted by molar-refractivity contribution is 5.72. The predicted molar refractivity (Wildman–Crippen MR) is 92.9 cm³/mol. The Kier molecular flexibility index (Phi) is 4.05. The van der Waals surface area contributed by atoms with E-state index in [0.717, 1.165) is 22.5 Å². The molecule has 0 aliphatic rings. The monoisotopic (exact) mass is 290 g/mol. The first-order chi connectivity index (χ1) is 10.8. The van der Waals surface area contributed by atoms with Crippen molar-refractivity contribution in [2.75, 3.05) is 10.9 Å². The van der Waals surface area contributed by atoms with Crippen molar-refractivity contribution < 1.29 is 0 Å². The van der Waals surface area contributed by atoms with E-state index in [4.69, 9.17) is 11.7 Å². The summed E-state index contributed by atoms with van der Waals surface area (Å²) in [4.78, 5) is 0. The Morgan fingerprint density at radius 3 is 0.864 bits per heavy atom. The summed E-state index contributed by atoms with van der Waals surface area (Å²) in [6, 6.07) is 24.5. The number of rotatable bonds is 4. The zero-order chi connectivity index (χ0) is 15.4. The standard InChI is InChI=1S/C18H18N4/c19-21-17-9-5-15(6-10-17)13-1-2-14(4-3-13)16-7-11-18(22-20)12-8-16/h1-12,21-22H,19-20H2. The maximum Gasteiger partial charge on any atom is 0.0485 e. The van der Waals surface area contributed by atoms with Crippen LogP contribution in [0, 0.1) is 0 Å². The highest BCUT2D eigenvalue weighted by Gasteiger charge is 2.01. The molecule has 0 radical (unpaired) electrons. The third-order valence-electron chi connectivity index (χ3n) is 3.65. The zero-order valence-electron chi connectivity index (χ0n) is 12.1. The van der Waals surface area contributed by atoms with Gasteiger partial charge in [-0.1, -0.05) is 48.5 Å². The summed E-state index contributed by atoms with van der Waals surface area (Å²) >= 11 is 0. The SMILES string of the molecule is NNc1ccc(-c2ccc(-c3ccc(NN)cc3)cc2)cc1. The van der Waals surface area contributed by atoms with Crippen LogP contribution in [0.3, 0.4) is 0 Å². The lowest BCUT2D eigenvalue weighted by Crippen LogP contribution is -2.06. The Hall–Kier alpha value is -2.82. The molecule has 0 aliphatic heterocycles. The number of nitrogen functional groups attached to an aromatic ring is 2. The van der Waals surface area contributed by atoms with Crippen molar-refractivity contribution in [1.29, 1.82) is 0 Å². The number of nitrogens with two attached hydrogens (primary N) is 2. The van der Waals surface area contributed by atoms with Gasteiger partial charge in [-0.25, -0.2) is 0 Å². The van der Waals surface area contributed by atoms with Crippen molar-refractivity contribution in [1.82, 2.24) is 0 Å². The van der Waals surface area contributed by atoms with Crippen LogP contribution in [0.2, 0.25) is 0 Å². The van der Waals surface area contributed by atoms with Gasteiger partial charge in [0.05, 0.1) is 0 Å². The number of anilines is 2. The molecule has 0 saturated heterocycles. The number of nitrogens with one attached hydrogen (secondary N) is 2. The Labute approximate surface area is 129 Å². The van der Waals surface area contributed by atoms with Crippen LogP contribution in [0.15, 0.2) is 72.8 Å². The van der Waals surface area contributed by atoms with Gasteiger partial charge in [-0.05, 0) is 46.5 Å². The second-order valence-corrected chi connectivity index (χ2v) is 5.02. The highest BCUT2D eigenvalue weighted by Crippen LogP contribution is 2.26. The molecule has 0 amide bonds.